The molecule has 0 atom stereocenters. The molecule has 1 aromatic heterocycles. The third-order valence-electron chi connectivity index (χ3n) is 5.35. The summed E-state index contributed by atoms with van der Waals surface area (Å²) in [4.78, 5) is 13.8. The first kappa shape index (κ1) is 19.9. The van der Waals surface area contributed by atoms with Crippen molar-refractivity contribution in [3.8, 4) is 23.1 Å². The van der Waals surface area contributed by atoms with Gasteiger partial charge < -0.3 is 14.2 Å². The minimum atomic E-state index is -2.91. The summed E-state index contributed by atoms with van der Waals surface area (Å²) in [5, 5.41) is 10.6. The van der Waals surface area contributed by atoms with E-state index < -0.39 is 6.61 Å². The van der Waals surface area contributed by atoms with E-state index in [9.17, 15) is 18.8 Å². The first-order valence-electron chi connectivity index (χ1n) is 9.95. The lowest BCUT2D eigenvalue weighted by atomic mass is 10.1. The van der Waals surface area contributed by atoms with Crippen LogP contribution < -0.4 is 9.64 Å². The Morgan fingerprint density at radius 2 is 1.97 bits per heavy atom. The Kier molecular flexibility index (Phi) is 5.40. The molecule has 1 aliphatic heterocycles. The van der Waals surface area contributed by atoms with Crippen LogP contribution in [0.2, 0.25) is 0 Å². The average Bonchev–Trinajstić information content (AvgIpc) is 3.29. The Labute approximate surface area is 173 Å². The van der Waals surface area contributed by atoms with E-state index in [0.717, 1.165) is 29.8 Å². The maximum atomic E-state index is 12.7. The number of carbonyl (C=O) groups excluding carboxylic acids is 1. The molecule has 1 fully saturated rings. The minimum Gasteiger partial charge on any atom is -0.435 e. The van der Waals surface area contributed by atoms with Crippen molar-refractivity contribution >= 4 is 22.5 Å². The van der Waals surface area contributed by atoms with Crippen molar-refractivity contribution in [2.75, 3.05) is 11.4 Å². The van der Waals surface area contributed by atoms with Crippen molar-refractivity contribution in [1.29, 1.82) is 5.26 Å². The van der Waals surface area contributed by atoms with Crippen LogP contribution >= 0.6 is 0 Å². The van der Waals surface area contributed by atoms with Crippen molar-refractivity contribution in [3.05, 3.63) is 48.0 Å². The zero-order chi connectivity index (χ0) is 21.3. The number of hydrogen-bond donors (Lipinski definition) is 0. The SMILES string of the molecule is CCCn1c(-c2ccc(N3CCCC3=O)cc2)c(C#N)c2ccc(OC(F)F)cc21. The Morgan fingerprint density at radius 3 is 2.57 bits per heavy atom. The van der Waals surface area contributed by atoms with E-state index in [2.05, 4.69) is 10.8 Å². The van der Waals surface area contributed by atoms with E-state index in [0.29, 0.717) is 36.0 Å². The second kappa shape index (κ2) is 8.15. The molecule has 3 aromatic rings. The van der Waals surface area contributed by atoms with Gasteiger partial charge in [0.1, 0.15) is 11.8 Å². The number of anilines is 1. The number of nitriles is 1. The third kappa shape index (κ3) is 3.50. The second-order valence-electron chi connectivity index (χ2n) is 7.24. The summed E-state index contributed by atoms with van der Waals surface area (Å²) < 4.78 is 31.9. The van der Waals surface area contributed by atoms with Crippen molar-refractivity contribution in [3.63, 3.8) is 0 Å². The highest BCUT2D eigenvalue weighted by molar-refractivity contribution is 5.97. The Hall–Kier alpha value is -3.40. The van der Waals surface area contributed by atoms with Crippen LogP contribution in [0.4, 0.5) is 14.5 Å². The maximum Gasteiger partial charge on any atom is 0.387 e. The molecule has 7 heteroatoms. The molecule has 4 rings (SSSR count). The fourth-order valence-electron chi connectivity index (χ4n) is 4.09. The quantitative estimate of drug-likeness (QED) is 0.554. The smallest absolute Gasteiger partial charge is 0.387 e. The molecule has 0 bridgehead atoms. The number of alkyl halides is 2. The van der Waals surface area contributed by atoms with Gasteiger partial charge in [0.25, 0.3) is 0 Å². The monoisotopic (exact) mass is 409 g/mol. The van der Waals surface area contributed by atoms with Gasteiger partial charge in [0, 0.05) is 36.7 Å². The van der Waals surface area contributed by atoms with Crippen molar-refractivity contribution < 1.29 is 18.3 Å². The van der Waals surface area contributed by atoms with Crippen LogP contribution in [0.15, 0.2) is 42.5 Å². The van der Waals surface area contributed by atoms with E-state index in [1.165, 1.54) is 6.07 Å². The van der Waals surface area contributed by atoms with Gasteiger partial charge in [-0.15, -0.1) is 0 Å². The van der Waals surface area contributed by atoms with Gasteiger partial charge in [-0.1, -0.05) is 19.1 Å². The molecular formula is C23H21F2N3O2. The van der Waals surface area contributed by atoms with Crippen LogP contribution in [0, 0.1) is 11.3 Å². The summed E-state index contributed by atoms with van der Waals surface area (Å²) in [6, 6.07) is 14.5. The number of fused-ring (bicyclic) bond motifs is 1. The first-order chi connectivity index (χ1) is 14.5. The molecule has 0 radical (unpaired) electrons. The number of amides is 1. The van der Waals surface area contributed by atoms with Gasteiger partial charge in [-0.2, -0.15) is 14.0 Å². The zero-order valence-corrected chi connectivity index (χ0v) is 16.6. The number of ether oxygens (including phenoxy) is 1. The van der Waals surface area contributed by atoms with E-state index in [1.807, 2.05) is 35.8 Å². The highest BCUT2D eigenvalue weighted by Crippen LogP contribution is 2.36. The standard InChI is InChI=1S/C23H21F2N3O2/c1-2-11-28-20-13-17(30-23(24)25)9-10-18(20)19(14-26)22(28)15-5-7-16(8-6-15)27-12-3-4-21(27)29/h5-10,13,23H,2-4,11-12H2,1H3. The van der Waals surface area contributed by atoms with Gasteiger partial charge >= 0.3 is 6.61 Å². The Bertz CT molecular complexity index is 1130. The number of aryl methyl sites for hydroxylation is 1. The van der Waals surface area contributed by atoms with E-state index >= 15 is 0 Å². The predicted octanol–water partition coefficient (Wildman–Crippen LogP) is 5.32. The van der Waals surface area contributed by atoms with Gasteiger partial charge in [0.2, 0.25) is 5.91 Å². The number of halogens is 2. The fraction of sp³-hybridized carbons (Fsp3) is 0.304. The Morgan fingerprint density at radius 1 is 1.20 bits per heavy atom. The zero-order valence-electron chi connectivity index (χ0n) is 16.6. The van der Waals surface area contributed by atoms with Crippen LogP contribution in [0.3, 0.4) is 0 Å². The van der Waals surface area contributed by atoms with E-state index in [4.69, 9.17) is 0 Å². The topological polar surface area (TPSA) is 58.3 Å². The molecule has 2 heterocycles. The molecule has 1 amide bonds. The summed E-state index contributed by atoms with van der Waals surface area (Å²) in [6.07, 6.45) is 2.23. The van der Waals surface area contributed by atoms with Crippen LogP contribution in [0.25, 0.3) is 22.2 Å². The lowest BCUT2D eigenvalue weighted by Gasteiger charge is -2.16. The molecule has 0 saturated carbocycles. The number of aromatic nitrogens is 1. The van der Waals surface area contributed by atoms with Gasteiger partial charge in [0.15, 0.2) is 0 Å². The number of carbonyl (C=O) groups is 1. The molecule has 30 heavy (non-hydrogen) atoms. The van der Waals surface area contributed by atoms with Gasteiger partial charge in [0.05, 0.1) is 16.8 Å². The summed E-state index contributed by atoms with van der Waals surface area (Å²) >= 11 is 0. The van der Waals surface area contributed by atoms with Crippen molar-refractivity contribution in [2.45, 2.75) is 39.3 Å². The minimum absolute atomic E-state index is 0.0614. The molecule has 0 unspecified atom stereocenters. The molecule has 5 nitrogen and oxygen atoms in total. The molecule has 154 valence electrons. The van der Waals surface area contributed by atoms with Crippen LogP contribution in [-0.2, 0) is 11.3 Å². The van der Waals surface area contributed by atoms with Gasteiger partial charge in [-0.05, 0) is 42.7 Å². The fourth-order valence-corrected chi connectivity index (χ4v) is 4.09. The maximum absolute atomic E-state index is 12.7. The normalized spacial score (nSPS) is 14.0. The molecule has 2 aromatic carbocycles. The van der Waals surface area contributed by atoms with Crippen molar-refractivity contribution in [2.24, 2.45) is 0 Å². The van der Waals surface area contributed by atoms with Crippen LogP contribution in [0.1, 0.15) is 31.7 Å². The van der Waals surface area contributed by atoms with Crippen LogP contribution in [-0.4, -0.2) is 23.6 Å². The molecule has 1 saturated heterocycles. The molecule has 0 spiro atoms. The highest BCUT2D eigenvalue weighted by atomic mass is 19.3. The summed E-state index contributed by atoms with van der Waals surface area (Å²) in [5.74, 6) is 0.179. The summed E-state index contributed by atoms with van der Waals surface area (Å²) in [7, 11) is 0. The average molecular weight is 409 g/mol. The van der Waals surface area contributed by atoms with E-state index in [1.54, 1.807) is 17.0 Å². The van der Waals surface area contributed by atoms with Gasteiger partial charge in [-0.3, -0.25) is 4.79 Å². The first-order valence-corrected chi connectivity index (χ1v) is 9.95. The van der Waals surface area contributed by atoms with Crippen molar-refractivity contribution in [1.82, 2.24) is 4.57 Å². The summed E-state index contributed by atoms with van der Waals surface area (Å²) in [5.41, 5.74) is 3.59. The number of benzene rings is 2. The lowest BCUT2D eigenvalue weighted by molar-refractivity contribution is -0.117. The van der Waals surface area contributed by atoms with Crippen LogP contribution in [0.5, 0.6) is 5.75 Å². The molecular weight excluding hydrogens is 388 g/mol. The number of hydrogen-bond acceptors (Lipinski definition) is 3. The largest absolute Gasteiger partial charge is 0.435 e. The molecule has 0 N–H and O–H groups in total. The number of rotatable bonds is 6. The third-order valence-corrected chi connectivity index (χ3v) is 5.35. The van der Waals surface area contributed by atoms with Gasteiger partial charge in [-0.25, -0.2) is 0 Å². The predicted molar refractivity (Wildman–Crippen MR) is 111 cm³/mol. The Balaban J connectivity index is 1.83. The lowest BCUT2D eigenvalue weighted by Crippen LogP contribution is -2.23. The molecule has 1 aliphatic rings. The highest BCUT2D eigenvalue weighted by Gasteiger charge is 2.23. The summed E-state index contributed by atoms with van der Waals surface area (Å²) in [6.45, 7) is 0.444. The molecule has 0 aliphatic carbocycles. The number of nitrogens with zero attached hydrogens (tertiary/aromatic N) is 3. The van der Waals surface area contributed by atoms with E-state index in [-0.39, 0.29) is 11.7 Å². The second-order valence-corrected chi connectivity index (χ2v) is 7.24.